The predicted molar refractivity (Wildman–Crippen MR) is 87.3 cm³/mol. The Morgan fingerprint density at radius 3 is 2.70 bits per heavy atom. The maximum Gasteiger partial charge on any atom is 0.0730 e. The zero-order chi connectivity index (χ0) is 13.8. The summed E-state index contributed by atoms with van der Waals surface area (Å²) in [4.78, 5) is 4.74. The number of nitrogens with one attached hydrogen (secondary N) is 1. The third kappa shape index (κ3) is 2.60. The van der Waals surface area contributed by atoms with E-state index < -0.39 is 0 Å². The number of benzene rings is 2. The van der Waals surface area contributed by atoms with E-state index in [-0.39, 0.29) is 0 Å². The summed E-state index contributed by atoms with van der Waals surface area (Å²) in [6, 6.07) is 16.8. The molecule has 0 aliphatic carbocycles. The van der Waals surface area contributed by atoms with Gasteiger partial charge in [-0.15, -0.1) is 0 Å². The van der Waals surface area contributed by atoms with Gasteiger partial charge in [0.25, 0.3) is 0 Å². The van der Waals surface area contributed by atoms with Gasteiger partial charge < -0.3 is 5.32 Å². The maximum atomic E-state index is 4.74. The monoisotopic (exact) mass is 264 g/mol. The Bertz CT molecular complexity index is 719. The topological polar surface area (TPSA) is 24.9 Å². The lowest BCUT2D eigenvalue weighted by Gasteiger charge is -2.10. The van der Waals surface area contributed by atoms with Gasteiger partial charge in [0.2, 0.25) is 0 Å². The molecule has 102 valence electrons. The van der Waals surface area contributed by atoms with E-state index in [2.05, 4.69) is 54.7 Å². The Balaban J connectivity index is 1.97. The Morgan fingerprint density at radius 2 is 1.80 bits per heavy atom. The second kappa shape index (κ2) is 5.91. The van der Waals surface area contributed by atoms with Crippen LogP contribution in [-0.4, -0.2) is 11.5 Å². The third-order valence-electron chi connectivity index (χ3n) is 3.66. The number of aromatic nitrogens is 1. The molecule has 0 saturated heterocycles. The second-order valence-electron chi connectivity index (χ2n) is 5.19. The van der Waals surface area contributed by atoms with E-state index >= 15 is 0 Å². The molecule has 0 aliphatic heterocycles. The summed E-state index contributed by atoms with van der Waals surface area (Å²) < 4.78 is 0. The molecule has 0 bridgehead atoms. The molecule has 0 radical (unpaired) electrons. The highest BCUT2D eigenvalue weighted by atomic mass is 14.9. The van der Waals surface area contributed by atoms with E-state index in [1.807, 2.05) is 6.07 Å². The van der Waals surface area contributed by atoms with Crippen LogP contribution < -0.4 is 5.32 Å². The third-order valence-corrected chi connectivity index (χ3v) is 3.66. The van der Waals surface area contributed by atoms with E-state index in [0.717, 1.165) is 17.6 Å². The number of fused-ring (bicyclic) bond motifs is 2. The van der Waals surface area contributed by atoms with Crippen LogP contribution in [0.2, 0.25) is 0 Å². The molecule has 2 heteroatoms. The lowest BCUT2D eigenvalue weighted by Crippen LogP contribution is -2.01. The van der Waals surface area contributed by atoms with Crippen molar-refractivity contribution in [3.8, 4) is 0 Å². The van der Waals surface area contributed by atoms with Crippen LogP contribution in [-0.2, 0) is 0 Å². The molecule has 0 atom stereocenters. The second-order valence-corrected chi connectivity index (χ2v) is 5.19. The summed E-state index contributed by atoms with van der Waals surface area (Å²) in [6.07, 6.45) is 3.75. The normalized spacial score (nSPS) is 11.1. The van der Waals surface area contributed by atoms with Crippen molar-refractivity contribution in [2.75, 3.05) is 11.9 Å². The van der Waals surface area contributed by atoms with Gasteiger partial charge in [-0.3, -0.25) is 0 Å². The minimum Gasteiger partial charge on any atom is -0.384 e. The Labute approximate surface area is 119 Å². The molecular weight excluding hydrogens is 244 g/mol. The van der Waals surface area contributed by atoms with Crippen molar-refractivity contribution >= 4 is 27.5 Å². The maximum absolute atomic E-state index is 4.74. The first-order valence-corrected chi connectivity index (χ1v) is 7.41. The largest absolute Gasteiger partial charge is 0.384 e. The molecule has 0 aliphatic rings. The van der Waals surface area contributed by atoms with Crippen LogP contribution >= 0.6 is 0 Å². The van der Waals surface area contributed by atoms with E-state index in [9.17, 15) is 0 Å². The Hall–Kier alpha value is -2.09. The number of nitrogens with zero attached hydrogens (tertiary/aromatic N) is 1. The average molecular weight is 264 g/mol. The highest BCUT2D eigenvalue weighted by Gasteiger charge is 2.03. The molecule has 0 fully saturated rings. The van der Waals surface area contributed by atoms with Crippen LogP contribution in [0.1, 0.15) is 26.2 Å². The molecule has 20 heavy (non-hydrogen) atoms. The molecule has 1 N–H and O–H groups in total. The lowest BCUT2D eigenvalue weighted by atomic mass is 10.1. The summed E-state index contributed by atoms with van der Waals surface area (Å²) in [5.41, 5.74) is 3.31. The fraction of sp³-hybridized carbons (Fsp3) is 0.278. The quantitative estimate of drug-likeness (QED) is 0.518. The van der Waals surface area contributed by atoms with Gasteiger partial charge in [-0.2, -0.15) is 0 Å². The van der Waals surface area contributed by atoms with Crippen molar-refractivity contribution in [3.05, 3.63) is 48.5 Å². The van der Waals surface area contributed by atoms with E-state index in [4.69, 9.17) is 4.98 Å². The van der Waals surface area contributed by atoms with Crippen LogP contribution in [0, 0.1) is 0 Å². The first kappa shape index (κ1) is 12.9. The highest BCUT2D eigenvalue weighted by Crippen LogP contribution is 2.26. The minimum atomic E-state index is 1.03. The van der Waals surface area contributed by atoms with Gasteiger partial charge in [0.05, 0.1) is 11.0 Å². The van der Waals surface area contributed by atoms with Crippen molar-refractivity contribution in [1.82, 2.24) is 4.98 Å². The minimum absolute atomic E-state index is 1.03. The van der Waals surface area contributed by atoms with Gasteiger partial charge in [-0.1, -0.05) is 44.0 Å². The van der Waals surface area contributed by atoms with Crippen LogP contribution in [0.25, 0.3) is 21.8 Å². The SMILES string of the molecule is CCCCCNc1cccc2nc3ccccc3cc12. The molecule has 3 aromatic rings. The first-order valence-electron chi connectivity index (χ1n) is 7.41. The van der Waals surface area contributed by atoms with Crippen molar-refractivity contribution in [2.24, 2.45) is 0 Å². The molecule has 0 saturated carbocycles. The number of hydrogen-bond donors (Lipinski definition) is 1. The van der Waals surface area contributed by atoms with Gasteiger partial charge in [-0.25, -0.2) is 4.98 Å². The van der Waals surface area contributed by atoms with Crippen molar-refractivity contribution in [2.45, 2.75) is 26.2 Å². The number of pyridine rings is 1. The summed E-state index contributed by atoms with van der Waals surface area (Å²) in [5.74, 6) is 0. The smallest absolute Gasteiger partial charge is 0.0730 e. The molecule has 1 heterocycles. The summed E-state index contributed by atoms with van der Waals surface area (Å²) in [6.45, 7) is 3.26. The van der Waals surface area contributed by atoms with Gasteiger partial charge in [0.1, 0.15) is 0 Å². The number of anilines is 1. The fourth-order valence-electron chi connectivity index (χ4n) is 2.55. The molecule has 1 aromatic heterocycles. The van der Waals surface area contributed by atoms with Crippen LogP contribution in [0.3, 0.4) is 0 Å². The van der Waals surface area contributed by atoms with Gasteiger partial charge in [-0.05, 0) is 30.7 Å². The van der Waals surface area contributed by atoms with E-state index in [1.165, 1.54) is 35.7 Å². The van der Waals surface area contributed by atoms with Gasteiger partial charge >= 0.3 is 0 Å². The summed E-state index contributed by atoms with van der Waals surface area (Å²) >= 11 is 0. The van der Waals surface area contributed by atoms with Crippen LogP contribution in [0.4, 0.5) is 5.69 Å². The molecular formula is C18H20N2. The van der Waals surface area contributed by atoms with Crippen molar-refractivity contribution < 1.29 is 0 Å². The molecule has 0 amide bonds. The molecule has 2 aromatic carbocycles. The molecule has 0 spiro atoms. The molecule has 0 unspecified atom stereocenters. The van der Waals surface area contributed by atoms with Crippen molar-refractivity contribution in [1.29, 1.82) is 0 Å². The summed E-state index contributed by atoms with van der Waals surface area (Å²) in [5, 5.41) is 5.96. The van der Waals surface area contributed by atoms with Gasteiger partial charge in [0.15, 0.2) is 0 Å². The number of para-hydroxylation sites is 1. The lowest BCUT2D eigenvalue weighted by molar-refractivity contribution is 0.744. The molecule has 2 nitrogen and oxygen atoms in total. The van der Waals surface area contributed by atoms with E-state index in [1.54, 1.807) is 0 Å². The highest BCUT2D eigenvalue weighted by molar-refractivity contribution is 5.99. The standard InChI is InChI=1S/C18H20N2/c1-2-3-6-12-19-17-10-7-11-18-15(17)13-14-8-4-5-9-16(14)20-18/h4-5,7-11,13,19H,2-3,6,12H2,1H3. The number of hydrogen-bond acceptors (Lipinski definition) is 2. The molecule has 3 rings (SSSR count). The number of rotatable bonds is 5. The zero-order valence-corrected chi connectivity index (χ0v) is 11.9. The number of unbranched alkanes of at least 4 members (excludes halogenated alkanes) is 2. The fourth-order valence-corrected chi connectivity index (χ4v) is 2.55. The van der Waals surface area contributed by atoms with Crippen molar-refractivity contribution in [3.63, 3.8) is 0 Å². The van der Waals surface area contributed by atoms with Gasteiger partial charge in [0, 0.05) is 23.0 Å². The summed E-state index contributed by atoms with van der Waals surface area (Å²) in [7, 11) is 0. The van der Waals surface area contributed by atoms with Crippen LogP contribution in [0.5, 0.6) is 0 Å². The zero-order valence-electron chi connectivity index (χ0n) is 11.9. The average Bonchev–Trinajstić information content (AvgIpc) is 2.50. The first-order chi connectivity index (χ1) is 9.88. The Morgan fingerprint density at radius 1 is 0.950 bits per heavy atom. The van der Waals surface area contributed by atoms with Crippen LogP contribution in [0.15, 0.2) is 48.5 Å². The van der Waals surface area contributed by atoms with E-state index in [0.29, 0.717) is 0 Å². The Kier molecular flexibility index (Phi) is 3.82. The predicted octanol–water partition coefficient (Wildman–Crippen LogP) is 4.99.